The lowest BCUT2D eigenvalue weighted by molar-refractivity contribution is -0.139. The summed E-state index contributed by atoms with van der Waals surface area (Å²) in [6.07, 6.45) is 5.53. The fourth-order valence-corrected chi connectivity index (χ4v) is 5.61. The van der Waals surface area contributed by atoms with Crippen molar-refractivity contribution >= 4 is 41.1 Å². The Balaban J connectivity index is 1.67. The van der Waals surface area contributed by atoms with Gasteiger partial charge in [-0.2, -0.15) is 0 Å². The van der Waals surface area contributed by atoms with E-state index in [9.17, 15) is 14.4 Å². The standard InChI is InChI=1S/C27H34Cl2N4O4/c1-3-11-33-22(17-31-12-6-13-32(15-14-31)25(34)18-7-5-8-18)23(26(35)37-4-2)24(30-27(33)36)20-10-9-19(28)16-21(20)29/h3,9-10,16,18,24H,1,4-8,11-15,17H2,2H3,(H,30,36). The molecule has 1 aromatic carbocycles. The lowest BCUT2D eigenvalue weighted by atomic mass is 9.84. The second-order valence-electron chi connectivity index (χ2n) is 9.61. The topological polar surface area (TPSA) is 82.2 Å². The maximum atomic E-state index is 13.4. The number of carbonyl (C=O) groups is 3. The SMILES string of the molecule is C=CCN1C(=O)NC(c2ccc(Cl)cc2Cl)C(C(=O)OCC)=C1CN1CCCN(C(=O)C2CCC2)CC1. The monoisotopic (exact) mass is 548 g/mol. The molecule has 1 aliphatic carbocycles. The maximum Gasteiger partial charge on any atom is 0.338 e. The number of ether oxygens (including phenoxy) is 1. The molecule has 1 aromatic rings. The molecule has 37 heavy (non-hydrogen) atoms. The van der Waals surface area contributed by atoms with Crippen molar-refractivity contribution in [2.45, 2.75) is 38.6 Å². The second kappa shape index (κ2) is 12.3. The first kappa shape index (κ1) is 27.5. The summed E-state index contributed by atoms with van der Waals surface area (Å²) in [6, 6.07) is 3.83. The fourth-order valence-electron chi connectivity index (χ4n) is 5.09. The molecule has 2 fully saturated rings. The van der Waals surface area contributed by atoms with E-state index in [0.29, 0.717) is 46.5 Å². The van der Waals surface area contributed by atoms with Crippen LogP contribution in [0.3, 0.4) is 0 Å². The number of nitrogens with zero attached hydrogens (tertiary/aromatic N) is 3. The van der Waals surface area contributed by atoms with Crippen molar-refractivity contribution in [3.63, 3.8) is 0 Å². The Morgan fingerprint density at radius 1 is 1.16 bits per heavy atom. The van der Waals surface area contributed by atoms with Gasteiger partial charge < -0.3 is 15.0 Å². The smallest absolute Gasteiger partial charge is 0.338 e. The average molecular weight is 549 g/mol. The summed E-state index contributed by atoms with van der Waals surface area (Å²) < 4.78 is 5.46. The molecular formula is C27H34Cl2N4O4. The quantitative estimate of drug-likeness (QED) is 0.384. The van der Waals surface area contributed by atoms with Crippen LogP contribution in [0.1, 0.15) is 44.2 Å². The first-order valence-corrected chi connectivity index (χ1v) is 13.6. The minimum absolute atomic E-state index is 0.166. The van der Waals surface area contributed by atoms with Gasteiger partial charge in [0.1, 0.15) is 0 Å². The zero-order chi connectivity index (χ0) is 26.5. The number of nitrogens with one attached hydrogen (secondary N) is 1. The van der Waals surface area contributed by atoms with Gasteiger partial charge in [-0.3, -0.25) is 14.6 Å². The van der Waals surface area contributed by atoms with Gasteiger partial charge in [0.05, 0.1) is 18.2 Å². The first-order chi connectivity index (χ1) is 17.8. The van der Waals surface area contributed by atoms with Crippen LogP contribution in [0.15, 0.2) is 42.1 Å². The van der Waals surface area contributed by atoms with Gasteiger partial charge in [0.15, 0.2) is 0 Å². The molecule has 2 aliphatic heterocycles. The van der Waals surface area contributed by atoms with Crippen molar-refractivity contribution in [1.29, 1.82) is 0 Å². The normalized spacial score (nSPS) is 21.3. The first-order valence-electron chi connectivity index (χ1n) is 12.9. The van der Waals surface area contributed by atoms with Gasteiger partial charge in [0.2, 0.25) is 5.91 Å². The van der Waals surface area contributed by atoms with Gasteiger partial charge >= 0.3 is 12.0 Å². The summed E-state index contributed by atoms with van der Waals surface area (Å²) in [4.78, 5) is 45.2. The number of esters is 1. The molecule has 8 nitrogen and oxygen atoms in total. The minimum Gasteiger partial charge on any atom is -0.463 e. The molecule has 1 saturated carbocycles. The minimum atomic E-state index is -0.795. The van der Waals surface area contributed by atoms with Crippen LogP contribution in [0.5, 0.6) is 0 Å². The van der Waals surface area contributed by atoms with E-state index in [-0.39, 0.29) is 31.0 Å². The molecular weight excluding hydrogens is 515 g/mol. The molecule has 200 valence electrons. The number of hydrogen-bond donors (Lipinski definition) is 1. The average Bonchev–Trinajstić information content (AvgIpc) is 3.06. The van der Waals surface area contributed by atoms with Gasteiger partial charge in [0, 0.05) is 60.9 Å². The molecule has 10 heteroatoms. The summed E-state index contributed by atoms with van der Waals surface area (Å²) in [7, 11) is 0. The lowest BCUT2D eigenvalue weighted by Gasteiger charge is -2.38. The number of rotatable bonds is 8. The lowest BCUT2D eigenvalue weighted by Crippen LogP contribution is -2.51. The zero-order valence-electron chi connectivity index (χ0n) is 21.2. The Hall–Kier alpha value is -2.55. The number of halogens is 2. The summed E-state index contributed by atoms with van der Waals surface area (Å²) in [5.74, 6) is -0.0961. The van der Waals surface area contributed by atoms with Crippen LogP contribution in [0.25, 0.3) is 0 Å². The van der Waals surface area contributed by atoms with Crippen molar-refractivity contribution in [2.75, 3.05) is 45.9 Å². The van der Waals surface area contributed by atoms with E-state index in [1.807, 2.05) is 4.90 Å². The Morgan fingerprint density at radius 3 is 2.59 bits per heavy atom. The Bertz CT molecular complexity index is 1090. The molecule has 0 radical (unpaired) electrons. The fraction of sp³-hybridized carbons (Fsp3) is 0.519. The number of benzene rings is 1. The van der Waals surface area contributed by atoms with Crippen LogP contribution in [0.4, 0.5) is 4.79 Å². The predicted octanol–water partition coefficient (Wildman–Crippen LogP) is 4.40. The number of hydrogen-bond acceptors (Lipinski definition) is 5. The third-order valence-corrected chi connectivity index (χ3v) is 7.81. The molecule has 3 amide bonds. The van der Waals surface area contributed by atoms with E-state index in [1.165, 1.54) is 4.90 Å². The molecule has 1 unspecified atom stereocenters. The van der Waals surface area contributed by atoms with Crippen molar-refractivity contribution in [3.8, 4) is 0 Å². The molecule has 1 saturated heterocycles. The van der Waals surface area contributed by atoms with E-state index in [4.69, 9.17) is 27.9 Å². The van der Waals surface area contributed by atoms with E-state index in [0.717, 1.165) is 38.8 Å². The number of carbonyl (C=O) groups excluding carboxylic acids is 3. The summed E-state index contributed by atoms with van der Waals surface area (Å²) >= 11 is 12.6. The van der Waals surface area contributed by atoms with Crippen molar-refractivity contribution in [2.24, 2.45) is 5.92 Å². The predicted molar refractivity (Wildman–Crippen MR) is 143 cm³/mol. The van der Waals surface area contributed by atoms with Crippen LogP contribution >= 0.6 is 23.2 Å². The Labute approximate surface area is 228 Å². The van der Waals surface area contributed by atoms with Crippen molar-refractivity contribution < 1.29 is 19.1 Å². The Kier molecular flexibility index (Phi) is 9.16. The highest BCUT2D eigenvalue weighted by Crippen LogP contribution is 2.36. The molecule has 4 rings (SSSR count). The molecule has 0 aromatic heterocycles. The molecule has 0 spiro atoms. The van der Waals surface area contributed by atoms with E-state index >= 15 is 0 Å². The van der Waals surface area contributed by atoms with Crippen LogP contribution in [-0.4, -0.2) is 78.5 Å². The van der Waals surface area contributed by atoms with E-state index < -0.39 is 12.0 Å². The van der Waals surface area contributed by atoms with Gasteiger partial charge in [0.25, 0.3) is 0 Å². The summed E-state index contributed by atoms with van der Waals surface area (Å²) in [5.41, 5.74) is 1.45. The Morgan fingerprint density at radius 2 is 1.95 bits per heavy atom. The van der Waals surface area contributed by atoms with Crippen LogP contribution in [-0.2, 0) is 14.3 Å². The molecule has 3 aliphatic rings. The molecule has 1 N–H and O–H groups in total. The van der Waals surface area contributed by atoms with Crippen molar-refractivity contribution in [3.05, 3.63) is 57.7 Å². The number of amides is 3. The second-order valence-corrected chi connectivity index (χ2v) is 10.5. The van der Waals surface area contributed by atoms with Gasteiger partial charge in [-0.25, -0.2) is 9.59 Å². The summed E-state index contributed by atoms with van der Waals surface area (Å²) in [5, 5.41) is 3.72. The summed E-state index contributed by atoms with van der Waals surface area (Å²) in [6.45, 7) is 9.03. The highest BCUT2D eigenvalue weighted by atomic mass is 35.5. The molecule has 2 heterocycles. The van der Waals surface area contributed by atoms with E-state index in [2.05, 4.69) is 16.8 Å². The highest BCUT2D eigenvalue weighted by Gasteiger charge is 2.39. The largest absolute Gasteiger partial charge is 0.463 e. The van der Waals surface area contributed by atoms with Crippen LogP contribution < -0.4 is 5.32 Å². The third-order valence-electron chi connectivity index (χ3n) is 7.25. The third kappa shape index (κ3) is 6.13. The van der Waals surface area contributed by atoms with Crippen LogP contribution in [0.2, 0.25) is 10.0 Å². The van der Waals surface area contributed by atoms with E-state index in [1.54, 1.807) is 31.2 Å². The van der Waals surface area contributed by atoms with Gasteiger partial charge in [-0.15, -0.1) is 6.58 Å². The van der Waals surface area contributed by atoms with Crippen molar-refractivity contribution in [1.82, 2.24) is 20.0 Å². The van der Waals surface area contributed by atoms with Gasteiger partial charge in [-0.05, 0) is 43.9 Å². The van der Waals surface area contributed by atoms with Crippen LogP contribution in [0, 0.1) is 5.92 Å². The zero-order valence-corrected chi connectivity index (χ0v) is 22.7. The molecule has 1 atom stereocenters. The number of urea groups is 1. The van der Waals surface area contributed by atoms with Gasteiger partial charge in [-0.1, -0.05) is 41.8 Å². The maximum absolute atomic E-state index is 13.4. The molecule has 0 bridgehead atoms. The highest BCUT2D eigenvalue weighted by molar-refractivity contribution is 6.35.